The number of ether oxygens (including phenoxy) is 1. The fourth-order valence-electron chi connectivity index (χ4n) is 3.42. The quantitative estimate of drug-likeness (QED) is 0.551. The molecule has 0 bridgehead atoms. The molecule has 0 radical (unpaired) electrons. The van der Waals surface area contributed by atoms with Crippen molar-refractivity contribution in [3.05, 3.63) is 63.3 Å². The van der Waals surface area contributed by atoms with Crippen molar-refractivity contribution >= 4 is 44.6 Å². The van der Waals surface area contributed by atoms with E-state index >= 15 is 0 Å². The topological polar surface area (TPSA) is 101 Å². The summed E-state index contributed by atoms with van der Waals surface area (Å²) in [7, 11) is -2.42. The Bertz CT molecular complexity index is 1270. The number of hydrogen-bond donors (Lipinski definition) is 1. The van der Waals surface area contributed by atoms with Crippen molar-refractivity contribution in [2.45, 2.75) is 23.8 Å². The lowest BCUT2D eigenvalue weighted by atomic mass is 10.2. The lowest BCUT2D eigenvalue weighted by Gasteiger charge is -2.22. The highest BCUT2D eigenvalue weighted by atomic mass is 35.5. The zero-order valence-corrected chi connectivity index (χ0v) is 19.2. The van der Waals surface area contributed by atoms with Gasteiger partial charge in [-0.1, -0.05) is 35.1 Å². The maximum atomic E-state index is 13.8. The number of methoxy groups -OCH3 is 1. The third-order valence-electron chi connectivity index (χ3n) is 4.98. The molecule has 2 heterocycles. The number of benzene rings is 2. The lowest BCUT2D eigenvalue weighted by Crippen LogP contribution is -2.30. The third-order valence-corrected chi connectivity index (χ3v) is 8.20. The van der Waals surface area contributed by atoms with Crippen LogP contribution in [-0.2, 0) is 10.0 Å². The fourth-order valence-corrected chi connectivity index (χ4v) is 6.38. The molecule has 0 unspecified atom stereocenters. The molecule has 1 aromatic heterocycles. The molecule has 4 rings (SSSR count). The standard InChI is InChI=1S/C20H18ClFN4O4S2/c1-30-17-9-8-12(11-13(17)21)32(28,29)26-10-4-7-16(26)19-24-25-20(31-19)18(27)23-15-6-3-2-5-14(15)22/h2-3,5-6,8-9,11,16H,4,7,10H2,1H3,(H,23,27)/t16-/m1/s1. The monoisotopic (exact) mass is 496 g/mol. The van der Waals surface area contributed by atoms with E-state index < -0.39 is 27.8 Å². The van der Waals surface area contributed by atoms with Gasteiger partial charge in [-0.05, 0) is 43.2 Å². The molecule has 3 aromatic rings. The Morgan fingerprint density at radius 1 is 1.28 bits per heavy atom. The van der Waals surface area contributed by atoms with Crippen LogP contribution < -0.4 is 10.1 Å². The summed E-state index contributed by atoms with van der Waals surface area (Å²) >= 11 is 7.09. The zero-order valence-electron chi connectivity index (χ0n) is 16.8. The highest BCUT2D eigenvalue weighted by Gasteiger charge is 2.38. The van der Waals surface area contributed by atoms with Crippen molar-refractivity contribution in [1.29, 1.82) is 0 Å². The van der Waals surface area contributed by atoms with Crippen LogP contribution in [0.2, 0.25) is 5.02 Å². The number of halogens is 2. The predicted octanol–water partition coefficient (Wildman–Crippen LogP) is 4.12. The van der Waals surface area contributed by atoms with E-state index in [2.05, 4.69) is 15.5 Å². The van der Waals surface area contributed by atoms with Crippen LogP contribution in [0.3, 0.4) is 0 Å². The molecule has 0 saturated carbocycles. The number of nitrogens with zero attached hydrogens (tertiary/aromatic N) is 3. The zero-order chi connectivity index (χ0) is 22.9. The van der Waals surface area contributed by atoms with E-state index in [-0.39, 0.29) is 20.6 Å². The minimum atomic E-state index is -3.87. The van der Waals surface area contributed by atoms with Gasteiger partial charge in [-0.15, -0.1) is 10.2 Å². The van der Waals surface area contributed by atoms with Crippen molar-refractivity contribution in [3.8, 4) is 5.75 Å². The van der Waals surface area contributed by atoms with Crippen LogP contribution in [-0.4, -0.2) is 42.5 Å². The molecule has 1 atom stereocenters. The van der Waals surface area contributed by atoms with Crippen molar-refractivity contribution in [1.82, 2.24) is 14.5 Å². The minimum Gasteiger partial charge on any atom is -0.495 e. The van der Waals surface area contributed by atoms with Crippen LogP contribution >= 0.6 is 22.9 Å². The fraction of sp³-hybridized carbons (Fsp3) is 0.250. The first-order valence-electron chi connectivity index (χ1n) is 9.56. The Morgan fingerprint density at radius 3 is 2.78 bits per heavy atom. The third kappa shape index (κ3) is 4.33. The number of anilines is 1. The Hall–Kier alpha value is -2.60. The number of carbonyl (C=O) groups excluding carboxylic acids is 1. The molecule has 2 aromatic carbocycles. The number of amides is 1. The first kappa shape index (κ1) is 22.6. The van der Waals surface area contributed by atoms with Gasteiger partial charge in [-0.25, -0.2) is 12.8 Å². The van der Waals surface area contributed by atoms with Crippen LogP contribution in [0, 0.1) is 5.82 Å². The molecular weight excluding hydrogens is 479 g/mol. The van der Waals surface area contributed by atoms with Gasteiger partial charge in [0.1, 0.15) is 16.6 Å². The normalized spacial score (nSPS) is 16.8. The van der Waals surface area contributed by atoms with E-state index in [4.69, 9.17) is 16.3 Å². The molecule has 0 aliphatic carbocycles. The molecule has 32 heavy (non-hydrogen) atoms. The highest BCUT2D eigenvalue weighted by molar-refractivity contribution is 7.89. The molecular formula is C20H18ClFN4O4S2. The molecule has 1 N–H and O–H groups in total. The number of hydrogen-bond acceptors (Lipinski definition) is 7. The van der Waals surface area contributed by atoms with Crippen molar-refractivity contribution < 1.29 is 22.3 Å². The van der Waals surface area contributed by atoms with Gasteiger partial charge in [0.15, 0.2) is 0 Å². The molecule has 1 fully saturated rings. The van der Waals surface area contributed by atoms with Gasteiger partial charge in [0.2, 0.25) is 15.0 Å². The van der Waals surface area contributed by atoms with Gasteiger partial charge in [-0.3, -0.25) is 4.79 Å². The second-order valence-corrected chi connectivity index (χ2v) is 10.3. The Morgan fingerprint density at radius 2 is 2.06 bits per heavy atom. The molecule has 1 saturated heterocycles. The average molecular weight is 497 g/mol. The number of sulfonamides is 1. The number of para-hydroxylation sites is 1. The van der Waals surface area contributed by atoms with Crippen LogP contribution in [0.25, 0.3) is 0 Å². The average Bonchev–Trinajstić information content (AvgIpc) is 3.45. The Balaban J connectivity index is 1.56. The number of aromatic nitrogens is 2. The number of nitrogens with one attached hydrogen (secondary N) is 1. The van der Waals surface area contributed by atoms with E-state index in [0.717, 1.165) is 11.3 Å². The Labute approximate surface area is 193 Å². The van der Waals surface area contributed by atoms with Crippen molar-refractivity contribution in [3.63, 3.8) is 0 Å². The second-order valence-electron chi connectivity index (χ2n) is 6.95. The van der Waals surface area contributed by atoms with Crippen molar-refractivity contribution in [2.24, 2.45) is 0 Å². The summed E-state index contributed by atoms with van der Waals surface area (Å²) in [6.45, 7) is 0.299. The van der Waals surface area contributed by atoms with Gasteiger partial charge in [0, 0.05) is 6.54 Å². The SMILES string of the molecule is COc1ccc(S(=O)(=O)N2CCC[C@@H]2c2nnc(C(=O)Nc3ccccc3F)s2)cc1Cl. The molecule has 1 aliphatic heterocycles. The summed E-state index contributed by atoms with van der Waals surface area (Å²) < 4.78 is 46.7. The van der Waals surface area contributed by atoms with Gasteiger partial charge < -0.3 is 10.1 Å². The van der Waals surface area contributed by atoms with E-state index in [1.54, 1.807) is 6.07 Å². The van der Waals surface area contributed by atoms with Crippen LogP contribution in [0.5, 0.6) is 5.75 Å². The van der Waals surface area contributed by atoms with Crippen LogP contribution in [0.4, 0.5) is 10.1 Å². The lowest BCUT2D eigenvalue weighted by molar-refractivity contribution is 0.102. The first-order valence-corrected chi connectivity index (χ1v) is 12.2. The molecule has 1 amide bonds. The minimum absolute atomic E-state index is 0.0139. The van der Waals surface area contributed by atoms with E-state index in [1.165, 1.54) is 47.8 Å². The highest BCUT2D eigenvalue weighted by Crippen LogP contribution is 2.39. The smallest absolute Gasteiger partial charge is 0.286 e. The van der Waals surface area contributed by atoms with E-state index in [9.17, 15) is 17.6 Å². The first-order chi connectivity index (χ1) is 15.3. The molecule has 8 nitrogen and oxygen atoms in total. The van der Waals surface area contributed by atoms with Gasteiger partial charge >= 0.3 is 0 Å². The maximum Gasteiger partial charge on any atom is 0.286 e. The summed E-state index contributed by atoms with van der Waals surface area (Å²) in [6, 6.07) is 9.48. The molecule has 168 valence electrons. The van der Waals surface area contributed by atoms with Crippen molar-refractivity contribution in [2.75, 3.05) is 19.0 Å². The number of carbonyl (C=O) groups is 1. The summed E-state index contributed by atoms with van der Waals surface area (Å²) in [5.41, 5.74) is 0.0238. The van der Waals surface area contributed by atoms with E-state index in [1.807, 2.05) is 0 Å². The van der Waals surface area contributed by atoms with Gasteiger partial charge in [-0.2, -0.15) is 4.31 Å². The van der Waals surface area contributed by atoms with Gasteiger partial charge in [0.25, 0.3) is 5.91 Å². The second kappa shape index (κ2) is 9.10. The molecule has 0 spiro atoms. The van der Waals surface area contributed by atoms with E-state index in [0.29, 0.717) is 30.1 Å². The van der Waals surface area contributed by atoms with Crippen LogP contribution in [0.1, 0.15) is 33.7 Å². The molecule has 1 aliphatic rings. The summed E-state index contributed by atoms with van der Waals surface area (Å²) in [4.78, 5) is 12.5. The predicted molar refractivity (Wildman–Crippen MR) is 118 cm³/mol. The van der Waals surface area contributed by atoms with Crippen LogP contribution in [0.15, 0.2) is 47.4 Å². The van der Waals surface area contributed by atoms with Gasteiger partial charge in [0.05, 0.1) is 28.8 Å². The Kier molecular flexibility index (Phi) is 6.42. The summed E-state index contributed by atoms with van der Waals surface area (Å²) in [6.07, 6.45) is 1.16. The summed E-state index contributed by atoms with van der Waals surface area (Å²) in [5.74, 6) is -0.816. The number of rotatable bonds is 6. The largest absolute Gasteiger partial charge is 0.495 e. The molecule has 12 heteroatoms. The summed E-state index contributed by atoms with van der Waals surface area (Å²) in [5, 5.41) is 11.0. The maximum absolute atomic E-state index is 13.8.